The van der Waals surface area contributed by atoms with E-state index in [9.17, 15) is 13.5 Å². The molecule has 118 valence electrons. The molecule has 1 aliphatic rings. The van der Waals surface area contributed by atoms with Crippen molar-refractivity contribution in [3.63, 3.8) is 0 Å². The van der Waals surface area contributed by atoms with Crippen molar-refractivity contribution < 1.29 is 18.3 Å². The van der Waals surface area contributed by atoms with Crippen molar-refractivity contribution in [1.29, 1.82) is 0 Å². The van der Waals surface area contributed by atoms with Crippen LogP contribution in [-0.4, -0.2) is 41.1 Å². The molecule has 0 unspecified atom stereocenters. The molecule has 2 heterocycles. The minimum absolute atomic E-state index is 0.133. The molecule has 0 spiro atoms. The van der Waals surface area contributed by atoms with Crippen LogP contribution in [0.15, 0.2) is 35.4 Å². The van der Waals surface area contributed by atoms with Crippen molar-refractivity contribution in [2.24, 2.45) is 0 Å². The Labute approximate surface area is 128 Å². The van der Waals surface area contributed by atoms with Gasteiger partial charge in [-0.25, -0.2) is 0 Å². The van der Waals surface area contributed by atoms with Gasteiger partial charge in [-0.2, -0.15) is 8.42 Å². The molecule has 0 amide bonds. The van der Waals surface area contributed by atoms with E-state index in [1.807, 2.05) is 6.92 Å². The van der Waals surface area contributed by atoms with Crippen molar-refractivity contribution in [2.45, 2.75) is 30.3 Å². The number of rotatable bonds is 3. The average molecular weight is 323 g/mol. The van der Waals surface area contributed by atoms with Gasteiger partial charge in [0.25, 0.3) is 10.0 Å². The van der Waals surface area contributed by atoms with Crippen LogP contribution in [0.25, 0.3) is 0 Å². The topological polar surface area (TPSA) is 94.3 Å². The SMILES string of the molecule is Cc1ccc(S(=O)(=O)n2cc(C3(O)CCOCC3)nn2)cc1. The zero-order chi connectivity index (χ0) is 15.8. The molecule has 8 heteroatoms. The summed E-state index contributed by atoms with van der Waals surface area (Å²) in [5.41, 5.74) is 0.0421. The molecule has 1 N–H and O–H groups in total. The molecule has 1 fully saturated rings. The minimum Gasteiger partial charge on any atom is -0.383 e. The monoisotopic (exact) mass is 323 g/mol. The highest BCUT2D eigenvalue weighted by molar-refractivity contribution is 7.89. The van der Waals surface area contributed by atoms with E-state index in [-0.39, 0.29) is 10.6 Å². The van der Waals surface area contributed by atoms with Crippen LogP contribution in [0.3, 0.4) is 0 Å². The summed E-state index contributed by atoms with van der Waals surface area (Å²) in [5, 5.41) is 18.1. The zero-order valence-corrected chi connectivity index (χ0v) is 13.0. The predicted octanol–water partition coefficient (Wildman–Crippen LogP) is 0.822. The van der Waals surface area contributed by atoms with Gasteiger partial charge in [0, 0.05) is 26.1 Å². The van der Waals surface area contributed by atoms with E-state index < -0.39 is 15.6 Å². The maximum absolute atomic E-state index is 12.5. The molecule has 1 aromatic heterocycles. The quantitative estimate of drug-likeness (QED) is 0.899. The number of benzene rings is 1. The van der Waals surface area contributed by atoms with E-state index >= 15 is 0 Å². The van der Waals surface area contributed by atoms with E-state index in [1.54, 1.807) is 12.1 Å². The summed E-state index contributed by atoms with van der Waals surface area (Å²) in [6.07, 6.45) is 2.02. The Kier molecular flexibility index (Phi) is 3.75. The Morgan fingerprint density at radius 1 is 1.23 bits per heavy atom. The molecule has 3 rings (SSSR count). The first-order chi connectivity index (χ1) is 10.4. The van der Waals surface area contributed by atoms with E-state index in [0.717, 1.165) is 9.65 Å². The smallest absolute Gasteiger partial charge is 0.284 e. The Morgan fingerprint density at radius 3 is 2.50 bits per heavy atom. The van der Waals surface area contributed by atoms with Gasteiger partial charge in [-0.15, -0.1) is 9.19 Å². The number of aliphatic hydroxyl groups is 1. The summed E-state index contributed by atoms with van der Waals surface area (Å²) in [6, 6.07) is 6.48. The predicted molar refractivity (Wildman–Crippen MR) is 77.7 cm³/mol. The molecule has 0 aliphatic carbocycles. The Balaban J connectivity index is 1.94. The van der Waals surface area contributed by atoms with Crippen molar-refractivity contribution in [2.75, 3.05) is 13.2 Å². The van der Waals surface area contributed by atoms with Gasteiger partial charge in [0.2, 0.25) is 0 Å². The lowest BCUT2D eigenvalue weighted by atomic mass is 9.91. The molecule has 1 aliphatic heterocycles. The molecule has 1 aromatic carbocycles. The van der Waals surface area contributed by atoms with Gasteiger partial charge in [-0.1, -0.05) is 22.9 Å². The Morgan fingerprint density at radius 2 is 1.86 bits per heavy atom. The van der Waals surface area contributed by atoms with E-state index in [2.05, 4.69) is 10.3 Å². The van der Waals surface area contributed by atoms with Crippen LogP contribution < -0.4 is 0 Å². The zero-order valence-electron chi connectivity index (χ0n) is 12.1. The highest BCUT2D eigenvalue weighted by Crippen LogP contribution is 2.30. The molecule has 1 saturated heterocycles. The second-order valence-corrected chi connectivity index (χ2v) is 7.23. The number of hydrogen-bond acceptors (Lipinski definition) is 6. The fourth-order valence-corrected chi connectivity index (χ4v) is 3.43. The highest BCUT2D eigenvalue weighted by atomic mass is 32.2. The lowest BCUT2D eigenvalue weighted by Gasteiger charge is -2.29. The minimum atomic E-state index is -3.80. The van der Waals surface area contributed by atoms with Crippen molar-refractivity contribution in [3.8, 4) is 0 Å². The third-order valence-corrected chi connectivity index (χ3v) is 5.37. The molecule has 7 nitrogen and oxygen atoms in total. The Bertz CT molecular complexity index is 762. The van der Waals surface area contributed by atoms with E-state index in [4.69, 9.17) is 4.74 Å². The van der Waals surface area contributed by atoms with Crippen molar-refractivity contribution in [1.82, 2.24) is 14.4 Å². The molecular weight excluding hydrogens is 306 g/mol. The molecule has 0 radical (unpaired) electrons. The molecule has 0 saturated carbocycles. The summed E-state index contributed by atoms with van der Waals surface area (Å²) in [7, 11) is -3.80. The maximum Gasteiger partial charge on any atom is 0.284 e. The second kappa shape index (κ2) is 5.45. The van der Waals surface area contributed by atoms with Crippen LogP contribution in [0.2, 0.25) is 0 Å². The lowest BCUT2D eigenvalue weighted by molar-refractivity contribution is -0.0705. The van der Waals surface area contributed by atoms with Gasteiger partial charge in [0.15, 0.2) is 0 Å². The highest BCUT2D eigenvalue weighted by Gasteiger charge is 2.35. The van der Waals surface area contributed by atoms with Crippen molar-refractivity contribution in [3.05, 3.63) is 41.7 Å². The number of hydrogen-bond donors (Lipinski definition) is 1. The summed E-state index contributed by atoms with van der Waals surface area (Å²) in [4.78, 5) is 0.133. The van der Waals surface area contributed by atoms with Crippen LogP contribution in [-0.2, 0) is 20.4 Å². The van der Waals surface area contributed by atoms with Gasteiger partial charge < -0.3 is 9.84 Å². The third kappa shape index (κ3) is 2.65. The molecule has 0 atom stereocenters. The van der Waals surface area contributed by atoms with Gasteiger partial charge in [0.05, 0.1) is 11.1 Å². The largest absolute Gasteiger partial charge is 0.383 e. The summed E-state index contributed by atoms with van der Waals surface area (Å²) < 4.78 is 31.0. The van der Waals surface area contributed by atoms with Crippen LogP contribution >= 0.6 is 0 Å². The number of aromatic nitrogens is 3. The van der Waals surface area contributed by atoms with Crippen LogP contribution in [0.1, 0.15) is 24.1 Å². The fraction of sp³-hybridized carbons (Fsp3) is 0.429. The average Bonchev–Trinajstić information content (AvgIpc) is 3.00. The molecule has 2 aromatic rings. The van der Waals surface area contributed by atoms with Gasteiger partial charge in [0.1, 0.15) is 11.3 Å². The van der Waals surface area contributed by atoms with Crippen molar-refractivity contribution >= 4 is 10.0 Å². The summed E-state index contributed by atoms with van der Waals surface area (Å²) in [6.45, 7) is 2.70. The molecular formula is C14H17N3O4S. The van der Waals surface area contributed by atoms with Crippen LogP contribution in [0.4, 0.5) is 0 Å². The normalized spacial score (nSPS) is 18.3. The van der Waals surface area contributed by atoms with E-state index in [0.29, 0.717) is 26.1 Å². The fourth-order valence-electron chi connectivity index (χ4n) is 2.36. The first-order valence-electron chi connectivity index (χ1n) is 6.97. The molecule has 0 bridgehead atoms. The van der Waals surface area contributed by atoms with Crippen LogP contribution in [0, 0.1) is 6.92 Å². The number of aryl methyl sites for hydroxylation is 1. The van der Waals surface area contributed by atoms with Gasteiger partial charge >= 0.3 is 0 Å². The Hall–Kier alpha value is -1.77. The summed E-state index contributed by atoms with van der Waals surface area (Å²) >= 11 is 0. The van der Waals surface area contributed by atoms with Gasteiger partial charge in [-0.05, 0) is 19.1 Å². The third-order valence-electron chi connectivity index (χ3n) is 3.84. The second-order valence-electron chi connectivity index (χ2n) is 5.44. The first kappa shape index (κ1) is 15.1. The number of nitrogens with zero attached hydrogens (tertiary/aromatic N) is 3. The number of ether oxygens (including phenoxy) is 1. The standard InChI is InChI=1S/C14H17N3O4S/c1-11-2-4-12(5-3-11)22(19,20)17-10-13(15-16-17)14(18)6-8-21-9-7-14/h2-5,10,18H,6-9H2,1H3. The van der Waals surface area contributed by atoms with Crippen LogP contribution in [0.5, 0.6) is 0 Å². The maximum atomic E-state index is 12.5. The first-order valence-corrected chi connectivity index (χ1v) is 8.41. The van der Waals surface area contributed by atoms with E-state index in [1.165, 1.54) is 18.3 Å². The lowest BCUT2D eigenvalue weighted by Crippen LogP contribution is -2.33. The van der Waals surface area contributed by atoms with Gasteiger partial charge in [-0.3, -0.25) is 0 Å². The molecule has 22 heavy (non-hydrogen) atoms. The summed E-state index contributed by atoms with van der Waals surface area (Å²) in [5.74, 6) is 0.